The molecule has 0 unspecified atom stereocenters. The summed E-state index contributed by atoms with van der Waals surface area (Å²) >= 11 is 12.2. The van der Waals surface area contributed by atoms with Crippen LogP contribution in [-0.2, 0) is 6.54 Å². The van der Waals surface area contributed by atoms with Crippen molar-refractivity contribution in [1.29, 1.82) is 0 Å². The Kier molecular flexibility index (Phi) is 4.74. The number of aromatic nitrogens is 4. The van der Waals surface area contributed by atoms with Crippen molar-refractivity contribution in [1.82, 2.24) is 25.5 Å². The lowest BCUT2D eigenvalue weighted by atomic mass is 10.2. The van der Waals surface area contributed by atoms with Crippen molar-refractivity contribution >= 4 is 23.2 Å². The highest BCUT2D eigenvalue weighted by molar-refractivity contribution is 6.43. The lowest BCUT2D eigenvalue weighted by molar-refractivity contribution is 0.538. The maximum atomic E-state index is 6.17. The molecular formula is C12H15Cl2N5. The van der Waals surface area contributed by atoms with Gasteiger partial charge in [-0.15, -0.1) is 5.10 Å². The molecule has 102 valence electrons. The topological polar surface area (TPSA) is 55.6 Å². The van der Waals surface area contributed by atoms with Crippen molar-refractivity contribution in [3.8, 4) is 5.69 Å². The normalized spacial score (nSPS) is 11.2. The van der Waals surface area contributed by atoms with Gasteiger partial charge in [-0.3, -0.25) is 0 Å². The van der Waals surface area contributed by atoms with Crippen molar-refractivity contribution in [3.05, 3.63) is 34.1 Å². The van der Waals surface area contributed by atoms with Gasteiger partial charge in [0.2, 0.25) is 0 Å². The van der Waals surface area contributed by atoms with E-state index >= 15 is 0 Å². The SMILES string of the molecule is CC(C)CNCc1nnnn1-c1cccc(Cl)c1Cl. The van der Waals surface area contributed by atoms with Gasteiger partial charge >= 0.3 is 0 Å². The molecule has 0 fully saturated rings. The number of hydrogen-bond donors (Lipinski definition) is 1. The number of nitrogens with one attached hydrogen (secondary N) is 1. The highest BCUT2D eigenvalue weighted by Gasteiger charge is 2.12. The summed E-state index contributed by atoms with van der Waals surface area (Å²) in [6.45, 7) is 5.76. The second-order valence-electron chi connectivity index (χ2n) is 4.60. The number of halogens is 2. The second kappa shape index (κ2) is 6.32. The molecule has 1 aromatic heterocycles. The third kappa shape index (κ3) is 3.43. The molecule has 2 rings (SSSR count). The van der Waals surface area contributed by atoms with E-state index in [1.165, 1.54) is 0 Å². The summed E-state index contributed by atoms with van der Waals surface area (Å²) in [5.41, 5.74) is 0.681. The van der Waals surface area contributed by atoms with E-state index < -0.39 is 0 Å². The summed E-state index contributed by atoms with van der Waals surface area (Å²) in [4.78, 5) is 0. The fraction of sp³-hybridized carbons (Fsp3) is 0.417. The molecule has 19 heavy (non-hydrogen) atoms. The fourth-order valence-electron chi connectivity index (χ4n) is 1.63. The van der Waals surface area contributed by atoms with Crippen LogP contribution >= 0.6 is 23.2 Å². The Morgan fingerprint density at radius 2 is 2.11 bits per heavy atom. The molecule has 0 saturated carbocycles. The van der Waals surface area contributed by atoms with Crippen LogP contribution in [0.2, 0.25) is 10.0 Å². The Morgan fingerprint density at radius 3 is 2.84 bits per heavy atom. The average molecular weight is 300 g/mol. The molecule has 0 spiro atoms. The fourth-order valence-corrected chi connectivity index (χ4v) is 2.01. The van der Waals surface area contributed by atoms with Crippen LogP contribution in [0.3, 0.4) is 0 Å². The Morgan fingerprint density at radius 1 is 1.32 bits per heavy atom. The van der Waals surface area contributed by atoms with Crippen LogP contribution in [0.15, 0.2) is 18.2 Å². The van der Waals surface area contributed by atoms with Crippen molar-refractivity contribution in [3.63, 3.8) is 0 Å². The van der Waals surface area contributed by atoms with Crippen molar-refractivity contribution in [2.75, 3.05) is 6.54 Å². The Balaban J connectivity index is 2.21. The van der Waals surface area contributed by atoms with Crippen molar-refractivity contribution in [2.24, 2.45) is 5.92 Å². The zero-order chi connectivity index (χ0) is 13.8. The molecule has 0 aliphatic carbocycles. The Hall–Kier alpha value is -1.17. The van der Waals surface area contributed by atoms with Gasteiger partial charge in [-0.1, -0.05) is 43.1 Å². The number of hydrogen-bond acceptors (Lipinski definition) is 4. The molecule has 0 atom stereocenters. The van der Waals surface area contributed by atoms with Crippen LogP contribution < -0.4 is 5.32 Å². The van der Waals surface area contributed by atoms with E-state index in [-0.39, 0.29) is 0 Å². The zero-order valence-corrected chi connectivity index (χ0v) is 12.3. The first-order chi connectivity index (χ1) is 9.09. The molecular weight excluding hydrogens is 285 g/mol. The number of rotatable bonds is 5. The first kappa shape index (κ1) is 14.2. The maximum Gasteiger partial charge on any atom is 0.170 e. The Bertz CT molecular complexity index is 553. The number of nitrogens with zero attached hydrogens (tertiary/aromatic N) is 4. The first-order valence-corrected chi connectivity index (χ1v) is 6.77. The van der Waals surface area contributed by atoms with Gasteiger partial charge in [-0.05, 0) is 35.0 Å². The molecule has 1 heterocycles. The van der Waals surface area contributed by atoms with Crippen molar-refractivity contribution < 1.29 is 0 Å². The molecule has 1 N–H and O–H groups in total. The van der Waals surface area contributed by atoms with Crippen LogP contribution in [0.5, 0.6) is 0 Å². The molecule has 0 amide bonds. The van der Waals surface area contributed by atoms with Crippen LogP contribution in [0.4, 0.5) is 0 Å². The van der Waals surface area contributed by atoms with Gasteiger partial charge in [0, 0.05) is 0 Å². The minimum Gasteiger partial charge on any atom is -0.310 e. The van der Waals surface area contributed by atoms with Crippen LogP contribution in [0.25, 0.3) is 5.69 Å². The molecule has 0 bridgehead atoms. The first-order valence-electron chi connectivity index (χ1n) is 6.02. The maximum absolute atomic E-state index is 6.17. The molecule has 0 saturated heterocycles. The smallest absolute Gasteiger partial charge is 0.170 e. The van der Waals surface area contributed by atoms with Crippen molar-refractivity contribution in [2.45, 2.75) is 20.4 Å². The largest absolute Gasteiger partial charge is 0.310 e. The molecule has 0 aliphatic heterocycles. The lowest BCUT2D eigenvalue weighted by Crippen LogP contribution is -2.21. The molecule has 0 radical (unpaired) electrons. The third-order valence-electron chi connectivity index (χ3n) is 2.53. The summed E-state index contributed by atoms with van der Waals surface area (Å²) in [6.07, 6.45) is 0. The predicted octanol–water partition coefficient (Wildman–Crippen LogP) is 2.71. The zero-order valence-electron chi connectivity index (χ0n) is 10.8. The van der Waals surface area contributed by atoms with Crippen LogP contribution in [0.1, 0.15) is 19.7 Å². The van der Waals surface area contributed by atoms with Gasteiger partial charge in [-0.2, -0.15) is 4.68 Å². The molecule has 5 nitrogen and oxygen atoms in total. The lowest BCUT2D eigenvalue weighted by Gasteiger charge is -2.09. The Labute approximate surface area is 121 Å². The van der Waals surface area contributed by atoms with Crippen LogP contribution in [-0.4, -0.2) is 26.8 Å². The number of benzene rings is 1. The van der Waals surface area contributed by atoms with E-state index in [9.17, 15) is 0 Å². The standard InChI is InChI=1S/C12H15Cl2N5/c1-8(2)6-15-7-11-16-17-18-19(11)10-5-3-4-9(13)12(10)14/h3-5,8,15H,6-7H2,1-2H3. The number of tetrazole rings is 1. The van der Waals surface area contributed by atoms with E-state index in [0.29, 0.717) is 34.0 Å². The monoisotopic (exact) mass is 299 g/mol. The minimum absolute atomic E-state index is 0.446. The van der Waals surface area contributed by atoms with Gasteiger partial charge in [0.25, 0.3) is 0 Å². The highest BCUT2D eigenvalue weighted by atomic mass is 35.5. The highest BCUT2D eigenvalue weighted by Crippen LogP contribution is 2.28. The summed E-state index contributed by atoms with van der Waals surface area (Å²) in [7, 11) is 0. The van der Waals surface area contributed by atoms with E-state index in [1.54, 1.807) is 10.7 Å². The van der Waals surface area contributed by atoms with Crippen LogP contribution in [0, 0.1) is 5.92 Å². The summed E-state index contributed by atoms with van der Waals surface area (Å²) in [5.74, 6) is 1.27. The van der Waals surface area contributed by atoms with E-state index in [4.69, 9.17) is 23.2 Å². The van der Waals surface area contributed by atoms with E-state index in [2.05, 4.69) is 34.7 Å². The van der Waals surface area contributed by atoms with Gasteiger partial charge in [0.05, 0.1) is 22.3 Å². The summed E-state index contributed by atoms with van der Waals surface area (Å²) in [6, 6.07) is 5.38. The van der Waals surface area contributed by atoms with Gasteiger partial charge < -0.3 is 5.32 Å². The predicted molar refractivity (Wildman–Crippen MR) is 75.7 cm³/mol. The van der Waals surface area contributed by atoms with Gasteiger partial charge in [0.1, 0.15) is 0 Å². The van der Waals surface area contributed by atoms with E-state index in [1.807, 2.05) is 12.1 Å². The average Bonchev–Trinajstić information content (AvgIpc) is 2.80. The second-order valence-corrected chi connectivity index (χ2v) is 5.39. The molecule has 0 aliphatic rings. The summed E-state index contributed by atoms with van der Waals surface area (Å²) < 4.78 is 1.60. The molecule has 7 heteroatoms. The van der Waals surface area contributed by atoms with E-state index in [0.717, 1.165) is 6.54 Å². The van der Waals surface area contributed by atoms with Gasteiger partial charge in [-0.25, -0.2) is 0 Å². The van der Waals surface area contributed by atoms with Gasteiger partial charge in [0.15, 0.2) is 5.82 Å². The third-order valence-corrected chi connectivity index (χ3v) is 3.34. The molecule has 2 aromatic rings. The summed E-state index contributed by atoms with van der Waals surface area (Å²) in [5, 5.41) is 15.9. The minimum atomic E-state index is 0.446. The quantitative estimate of drug-likeness (QED) is 0.922. The molecule has 1 aromatic carbocycles.